The highest BCUT2D eigenvalue weighted by Crippen LogP contribution is 2.24. The van der Waals surface area contributed by atoms with Gasteiger partial charge in [-0.3, -0.25) is 4.90 Å². The molecule has 1 aromatic carbocycles. The molecule has 0 fully saturated rings. The van der Waals surface area contributed by atoms with E-state index in [2.05, 4.69) is 9.97 Å². The molecule has 0 aliphatic carbocycles. The maximum atomic E-state index is 13.0. The van der Waals surface area contributed by atoms with Gasteiger partial charge in [0.1, 0.15) is 5.82 Å². The fourth-order valence-corrected chi connectivity index (χ4v) is 1.68. The zero-order valence-electron chi connectivity index (χ0n) is 12.4. The van der Waals surface area contributed by atoms with E-state index in [0.29, 0.717) is 11.1 Å². The summed E-state index contributed by atoms with van der Waals surface area (Å²) in [5, 5.41) is 9.32. The van der Waals surface area contributed by atoms with Crippen LogP contribution in [0.1, 0.15) is 17.4 Å². The number of aromatic nitrogens is 2. The van der Waals surface area contributed by atoms with E-state index in [4.69, 9.17) is 4.74 Å². The van der Waals surface area contributed by atoms with Crippen LogP contribution in [0.15, 0.2) is 30.5 Å². The molecule has 116 valence electrons. The van der Waals surface area contributed by atoms with Gasteiger partial charge in [0.05, 0.1) is 0 Å². The number of ether oxygens (including phenoxy) is 1. The number of aromatic carboxylic acids is 1. The van der Waals surface area contributed by atoms with Crippen LogP contribution in [0.5, 0.6) is 6.01 Å². The molecule has 0 aliphatic heterocycles. The van der Waals surface area contributed by atoms with E-state index >= 15 is 0 Å². The third-order valence-electron chi connectivity index (χ3n) is 3.13. The molecule has 0 saturated heterocycles. The second-order valence-electron chi connectivity index (χ2n) is 4.91. The number of carboxylic acids is 1. The molecule has 0 amide bonds. The second kappa shape index (κ2) is 6.48. The molecule has 0 spiro atoms. The molecule has 7 heteroatoms. The van der Waals surface area contributed by atoms with Crippen LogP contribution in [0.25, 0.3) is 11.1 Å². The van der Waals surface area contributed by atoms with Crippen molar-refractivity contribution in [1.82, 2.24) is 14.9 Å². The van der Waals surface area contributed by atoms with Gasteiger partial charge >= 0.3 is 12.0 Å². The molecule has 6 nitrogen and oxygen atoms in total. The number of rotatable bonds is 5. The van der Waals surface area contributed by atoms with Crippen LogP contribution in [0, 0.1) is 5.82 Å². The average molecular weight is 305 g/mol. The summed E-state index contributed by atoms with van der Waals surface area (Å²) in [6.45, 7) is 1.79. The quantitative estimate of drug-likeness (QED) is 0.854. The molecule has 0 saturated carbocycles. The average Bonchev–Trinajstić information content (AvgIpc) is 2.48. The van der Waals surface area contributed by atoms with E-state index in [1.54, 1.807) is 11.8 Å². The Kier molecular flexibility index (Phi) is 4.67. The van der Waals surface area contributed by atoms with Crippen LogP contribution in [-0.4, -0.2) is 46.3 Å². The molecule has 1 N–H and O–H groups in total. The van der Waals surface area contributed by atoms with Crippen LogP contribution in [-0.2, 0) is 0 Å². The third-order valence-corrected chi connectivity index (χ3v) is 3.13. The second-order valence-corrected chi connectivity index (χ2v) is 4.91. The molecule has 0 radical (unpaired) electrons. The summed E-state index contributed by atoms with van der Waals surface area (Å²) in [5.41, 5.74) is 0.630. The number of hydrogen-bond donors (Lipinski definition) is 1. The third kappa shape index (κ3) is 3.56. The molecular formula is C15H16FN3O3. The smallest absolute Gasteiger partial charge is 0.355 e. The normalized spacial score (nSPS) is 12.2. The summed E-state index contributed by atoms with van der Waals surface area (Å²) in [7, 11) is 3.63. The zero-order chi connectivity index (χ0) is 16.3. The van der Waals surface area contributed by atoms with Gasteiger partial charge < -0.3 is 9.84 Å². The highest BCUT2D eigenvalue weighted by Gasteiger charge is 2.18. The first kappa shape index (κ1) is 15.8. The SMILES string of the molecule is CC(Oc1ncc(-c2ccc(F)cc2)c(C(=O)O)n1)N(C)C. The van der Waals surface area contributed by atoms with Gasteiger partial charge in [-0.05, 0) is 38.7 Å². The molecule has 1 unspecified atom stereocenters. The van der Waals surface area contributed by atoms with Gasteiger partial charge in [0, 0.05) is 11.8 Å². The highest BCUT2D eigenvalue weighted by atomic mass is 19.1. The van der Waals surface area contributed by atoms with Crippen LogP contribution in [0.4, 0.5) is 4.39 Å². The molecule has 2 rings (SSSR count). The van der Waals surface area contributed by atoms with E-state index < -0.39 is 11.8 Å². The maximum Gasteiger partial charge on any atom is 0.355 e. The summed E-state index contributed by atoms with van der Waals surface area (Å²) < 4.78 is 18.4. The molecule has 1 heterocycles. The summed E-state index contributed by atoms with van der Waals surface area (Å²) in [6.07, 6.45) is 1.06. The number of halogens is 1. The largest absolute Gasteiger partial charge is 0.476 e. The van der Waals surface area contributed by atoms with Crippen molar-refractivity contribution in [2.45, 2.75) is 13.2 Å². The number of carbonyl (C=O) groups is 1. The van der Waals surface area contributed by atoms with Crippen molar-refractivity contribution >= 4 is 5.97 Å². The van der Waals surface area contributed by atoms with Crippen molar-refractivity contribution in [2.24, 2.45) is 0 Å². The van der Waals surface area contributed by atoms with E-state index in [1.165, 1.54) is 30.5 Å². The van der Waals surface area contributed by atoms with Crippen molar-refractivity contribution in [3.63, 3.8) is 0 Å². The molecular weight excluding hydrogens is 289 g/mol. The van der Waals surface area contributed by atoms with Gasteiger partial charge in [-0.25, -0.2) is 14.2 Å². The Morgan fingerprint density at radius 2 is 1.95 bits per heavy atom. The van der Waals surface area contributed by atoms with Gasteiger partial charge in [-0.2, -0.15) is 4.98 Å². The molecule has 22 heavy (non-hydrogen) atoms. The van der Waals surface area contributed by atoms with Crippen LogP contribution in [0.3, 0.4) is 0 Å². The van der Waals surface area contributed by atoms with Gasteiger partial charge in [0.15, 0.2) is 11.9 Å². The van der Waals surface area contributed by atoms with Gasteiger partial charge in [0.2, 0.25) is 0 Å². The lowest BCUT2D eigenvalue weighted by molar-refractivity contribution is 0.0653. The lowest BCUT2D eigenvalue weighted by Crippen LogP contribution is -2.30. The predicted molar refractivity (Wildman–Crippen MR) is 78.2 cm³/mol. The number of benzene rings is 1. The maximum absolute atomic E-state index is 13.0. The Bertz CT molecular complexity index is 674. The minimum atomic E-state index is -1.20. The predicted octanol–water partition coefficient (Wildman–Crippen LogP) is 2.27. The van der Waals surface area contributed by atoms with Crippen LogP contribution < -0.4 is 4.74 Å². The zero-order valence-corrected chi connectivity index (χ0v) is 12.4. The first-order valence-electron chi connectivity index (χ1n) is 6.58. The minimum absolute atomic E-state index is 0.0236. The highest BCUT2D eigenvalue weighted by molar-refractivity contribution is 5.93. The molecule has 0 bridgehead atoms. The Morgan fingerprint density at radius 1 is 1.32 bits per heavy atom. The molecule has 2 aromatic rings. The Labute approximate surface area is 127 Å². The number of carboxylic acid groups (broad SMARTS) is 1. The lowest BCUT2D eigenvalue weighted by Gasteiger charge is -2.20. The Morgan fingerprint density at radius 3 is 2.50 bits per heavy atom. The summed E-state index contributed by atoms with van der Waals surface area (Å²) in [4.78, 5) is 21.2. The van der Waals surface area contributed by atoms with Gasteiger partial charge in [0.25, 0.3) is 0 Å². The fraction of sp³-hybridized carbons (Fsp3) is 0.267. The fourth-order valence-electron chi connectivity index (χ4n) is 1.68. The van der Waals surface area contributed by atoms with Crippen molar-refractivity contribution in [1.29, 1.82) is 0 Å². The minimum Gasteiger partial charge on any atom is -0.476 e. The number of hydrogen-bond acceptors (Lipinski definition) is 5. The standard InChI is InChI=1S/C15H16FN3O3/c1-9(19(2)3)22-15-17-8-12(13(18-15)14(20)21)10-4-6-11(16)7-5-10/h4-9H,1-3H3,(H,20,21). The topological polar surface area (TPSA) is 75.5 Å². The van der Waals surface area contributed by atoms with E-state index in [9.17, 15) is 14.3 Å². The summed E-state index contributed by atoms with van der Waals surface area (Å²) >= 11 is 0. The van der Waals surface area contributed by atoms with E-state index in [1.807, 2.05) is 14.1 Å². The first-order valence-corrected chi connectivity index (χ1v) is 6.58. The summed E-state index contributed by atoms with van der Waals surface area (Å²) in [6, 6.07) is 5.43. The summed E-state index contributed by atoms with van der Waals surface area (Å²) in [5.74, 6) is -1.61. The van der Waals surface area contributed by atoms with Gasteiger partial charge in [-0.1, -0.05) is 12.1 Å². The Balaban J connectivity index is 2.39. The van der Waals surface area contributed by atoms with E-state index in [-0.39, 0.29) is 17.9 Å². The van der Waals surface area contributed by atoms with Gasteiger partial charge in [-0.15, -0.1) is 0 Å². The number of nitrogens with zero attached hydrogens (tertiary/aromatic N) is 3. The van der Waals surface area contributed by atoms with Crippen molar-refractivity contribution < 1.29 is 19.0 Å². The van der Waals surface area contributed by atoms with Crippen LogP contribution in [0.2, 0.25) is 0 Å². The van der Waals surface area contributed by atoms with Crippen molar-refractivity contribution in [3.05, 3.63) is 42.0 Å². The first-order chi connectivity index (χ1) is 10.4. The molecule has 1 atom stereocenters. The lowest BCUT2D eigenvalue weighted by atomic mass is 10.1. The van der Waals surface area contributed by atoms with Crippen molar-refractivity contribution in [2.75, 3.05) is 14.1 Å². The van der Waals surface area contributed by atoms with E-state index in [0.717, 1.165) is 0 Å². The molecule has 1 aromatic heterocycles. The monoisotopic (exact) mass is 305 g/mol. The Hall–Kier alpha value is -2.54. The molecule has 0 aliphatic rings. The van der Waals surface area contributed by atoms with Crippen molar-refractivity contribution in [3.8, 4) is 17.1 Å². The van der Waals surface area contributed by atoms with Crippen LogP contribution >= 0.6 is 0 Å².